The van der Waals surface area contributed by atoms with Gasteiger partial charge in [-0.3, -0.25) is 9.48 Å². The summed E-state index contributed by atoms with van der Waals surface area (Å²) in [6.45, 7) is 0. The van der Waals surface area contributed by atoms with Crippen LogP contribution in [-0.4, -0.2) is 21.7 Å². The molecule has 0 radical (unpaired) electrons. The van der Waals surface area contributed by atoms with Crippen LogP contribution in [0.1, 0.15) is 24.8 Å². The van der Waals surface area contributed by atoms with Crippen LogP contribution >= 0.6 is 0 Å². The third-order valence-electron chi connectivity index (χ3n) is 3.52. The maximum Gasteiger partial charge on any atom is 0.220 e. The van der Waals surface area contributed by atoms with E-state index in [2.05, 4.69) is 22.5 Å². The van der Waals surface area contributed by atoms with E-state index in [1.165, 1.54) is 0 Å². The molecule has 4 nitrogen and oxygen atoms in total. The molecule has 1 aliphatic rings. The summed E-state index contributed by atoms with van der Waals surface area (Å²) in [6.07, 6.45) is 5.53. The summed E-state index contributed by atoms with van der Waals surface area (Å²) in [5, 5.41) is 7.54. The Kier molecular flexibility index (Phi) is 3.54. The van der Waals surface area contributed by atoms with Gasteiger partial charge in [0.05, 0.1) is 5.69 Å². The number of nitrogens with zero attached hydrogens (tertiary/aromatic N) is 2. The number of rotatable bonds is 5. The molecule has 0 unspecified atom stereocenters. The lowest BCUT2D eigenvalue weighted by Gasteiger charge is -2.04. The maximum absolute atomic E-state index is 11.8. The molecule has 1 saturated carbocycles. The number of aromatic nitrogens is 2. The monoisotopic (exact) mass is 269 g/mol. The van der Waals surface area contributed by atoms with E-state index < -0.39 is 0 Å². The Morgan fingerprint density at radius 1 is 1.35 bits per heavy atom. The van der Waals surface area contributed by atoms with Gasteiger partial charge in [-0.2, -0.15) is 5.10 Å². The number of hydrogen-bond acceptors (Lipinski definition) is 2. The smallest absolute Gasteiger partial charge is 0.220 e. The number of aryl methyl sites for hydroxylation is 2. The minimum atomic E-state index is 0.148. The van der Waals surface area contributed by atoms with E-state index in [1.807, 2.05) is 36.1 Å². The van der Waals surface area contributed by atoms with Crippen molar-refractivity contribution >= 4 is 5.91 Å². The Labute approximate surface area is 118 Å². The lowest BCUT2D eigenvalue weighted by atomic mass is 10.0. The summed E-state index contributed by atoms with van der Waals surface area (Å²) < 4.78 is 1.82. The highest BCUT2D eigenvalue weighted by Gasteiger charge is 2.23. The van der Waals surface area contributed by atoms with Crippen molar-refractivity contribution in [1.29, 1.82) is 0 Å². The van der Waals surface area contributed by atoms with Crippen LogP contribution in [0.4, 0.5) is 0 Å². The lowest BCUT2D eigenvalue weighted by Crippen LogP contribution is -2.25. The van der Waals surface area contributed by atoms with Gasteiger partial charge in [0.25, 0.3) is 0 Å². The van der Waals surface area contributed by atoms with Gasteiger partial charge in [0.2, 0.25) is 5.91 Å². The summed E-state index contributed by atoms with van der Waals surface area (Å²) in [5.74, 6) is 0.148. The molecule has 1 fully saturated rings. The first-order chi connectivity index (χ1) is 9.72. The first-order valence-corrected chi connectivity index (χ1v) is 7.09. The molecule has 4 heteroatoms. The van der Waals surface area contributed by atoms with Crippen LogP contribution in [0.25, 0.3) is 11.3 Å². The Hall–Kier alpha value is -2.10. The first kappa shape index (κ1) is 12.9. The van der Waals surface area contributed by atoms with Crippen LogP contribution in [-0.2, 0) is 18.3 Å². The molecule has 1 N–H and O–H groups in total. The van der Waals surface area contributed by atoms with Crippen LogP contribution < -0.4 is 5.32 Å². The van der Waals surface area contributed by atoms with Crippen molar-refractivity contribution in [1.82, 2.24) is 15.1 Å². The van der Waals surface area contributed by atoms with E-state index in [4.69, 9.17) is 0 Å². The van der Waals surface area contributed by atoms with Crippen LogP contribution in [0.2, 0.25) is 0 Å². The fourth-order valence-electron chi connectivity index (χ4n) is 2.34. The average Bonchev–Trinajstić information content (AvgIpc) is 3.18. The quantitative estimate of drug-likeness (QED) is 0.905. The van der Waals surface area contributed by atoms with Crippen molar-refractivity contribution in [3.63, 3.8) is 0 Å². The molecule has 0 bridgehead atoms. The largest absolute Gasteiger partial charge is 0.353 e. The van der Waals surface area contributed by atoms with E-state index in [9.17, 15) is 4.79 Å². The second-order valence-electron chi connectivity index (χ2n) is 5.38. The van der Waals surface area contributed by atoms with Crippen molar-refractivity contribution in [3.05, 3.63) is 42.1 Å². The molecule has 1 aromatic carbocycles. The summed E-state index contributed by atoms with van der Waals surface area (Å²) in [4.78, 5) is 11.8. The normalized spacial score (nSPS) is 14.2. The van der Waals surface area contributed by atoms with Crippen LogP contribution in [0.5, 0.6) is 0 Å². The molecule has 104 valence electrons. The van der Waals surface area contributed by atoms with Gasteiger partial charge in [0.1, 0.15) is 0 Å². The van der Waals surface area contributed by atoms with Crippen LogP contribution in [0.15, 0.2) is 36.5 Å². The zero-order valence-electron chi connectivity index (χ0n) is 11.7. The molecule has 0 aliphatic heterocycles. The zero-order chi connectivity index (χ0) is 13.9. The summed E-state index contributed by atoms with van der Waals surface area (Å²) in [7, 11) is 1.92. The third kappa shape index (κ3) is 3.07. The Morgan fingerprint density at radius 2 is 2.10 bits per heavy atom. The number of carbonyl (C=O) groups is 1. The van der Waals surface area contributed by atoms with Gasteiger partial charge < -0.3 is 5.32 Å². The molecule has 3 rings (SSSR count). The summed E-state index contributed by atoms with van der Waals surface area (Å²) in [6, 6.07) is 10.5. The molecular formula is C16H19N3O. The summed E-state index contributed by atoms with van der Waals surface area (Å²) in [5.41, 5.74) is 3.21. The fraction of sp³-hybridized carbons (Fsp3) is 0.375. The Bertz CT molecular complexity index is 599. The SMILES string of the molecule is Cn1cc(CCC(=O)NC2CC2)c(-c2ccccc2)n1. The third-order valence-corrected chi connectivity index (χ3v) is 3.52. The topological polar surface area (TPSA) is 46.9 Å². The second kappa shape index (κ2) is 5.49. The first-order valence-electron chi connectivity index (χ1n) is 7.09. The van der Waals surface area contributed by atoms with Crippen molar-refractivity contribution in [2.45, 2.75) is 31.7 Å². The molecule has 0 spiro atoms. The van der Waals surface area contributed by atoms with Gasteiger partial charge in [-0.1, -0.05) is 30.3 Å². The number of nitrogens with one attached hydrogen (secondary N) is 1. The highest BCUT2D eigenvalue weighted by Crippen LogP contribution is 2.23. The number of amides is 1. The van der Waals surface area contributed by atoms with Crippen molar-refractivity contribution in [2.75, 3.05) is 0 Å². The second-order valence-corrected chi connectivity index (χ2v) is 5.38. The van der Waals surface area contributed by atoms with Crippen molar-refractivity contribution < 1.29 is 4.79 Å². The zero-order valence-corrected chi connectivity index (χ0v) is 11.7. The highest BCUT2D eigenvalue weighted by molar-refractivity contribution is 5.77. The Balaban J connectivity index is 1.71. The van der Waals surface area contributed by atoms with Gasteiger partial charge in [0, 0.05) is 31.3 Å². The highest BCUT2D eigenvalue weighted by atomic mass is 16.1. The minimum absolute atomic E-state index is 0.148. The molecule has 0 saturated heterocycles. The van der Waals surface area contributed by atoms with E-state index in [-0.39, 0.29) is 5.91 Å². The van der Waals surface area contributed by atoms with Gasteiger partial charge in [-0.05, 0) is 24.8 Å². The number of benzene rings is 1. The molecule has 0 atom stereocenters. The van der Waals surface area contributed by atoms with Gasteiger partial charge in [0.15, 0.2) is 0 Å². The van der Waals surface area contributed by atoms with E-state index in [1.54, 1.807) is 0 Å². The molecule has 2 aromatic rings. The van der Waals surface area contributed by atoms with Gasteiger partial charge >= 0.3 is 0 Å². The standard InChI is InChI=1S/C16H19N3O/c1-19-11-13(7-10-15(20)17-14-8-9-14)16(18-19)12-5-3-2-4-6-12/h2-6,11,14H,7-10H2,1H3,(H,17,20). The van der Waals surface area contributed by atoms with Crippen LogP contribution in [0.3, 0.4) is 0 Å². The minimum Gasteiger partial charge on any atom is -0.353 e. The maximum atomic E-state index is 11.8. The summed E-state index contributed by atoms with van der Waals surface area (Å²) >= 11 is 0. The fourth-order valence-corrected chi connectivity index (χ4v) is 2.34. The predicted molar refractivity (Wildman–Crippen MR) is 78.1 cm³/mol. The molecule has 1 aliphatic carbocycles. The molecule has 20 heavy (non-hydrogen) atoms. The van der Waals surface area contributed by atoms with Crippen molar-refractivity contribution in [3.8, 4) is 11.3 Å². The van der Waals surface area contributed by atoms with E-state index in [0.717, 1.165) is 36.1 Å². The van der Waals surface area contributed by atoms with E-state index in [0.29, 0.717) is 12.5 Å². The van der Waals surface area contributed by atoms with Gasteiger partial charge in [-0.25, -0.2) is 0 Å². The average molecular weight is 269 g/mol. The lowest BCUT2D eigenvalue weighted by molar-refractivity contribution is -0.121. The van der Waals surface area contributed by atoms with Gasteiger partial charge in [-0.15, -0.1) is 0 Å². The molecule has 1 aromatic heterocycles. The van der Waals surface area contributed by atoms with Crippen molar-refractivity contribution in [2.24, 2.45) is 7.05 Å². The number of hydrogen-bond donors (Lipinski definition) is 1. The molecular weight excluding hydrogens is 250 g/mol. The molecule has 1 amide bonds. The Morgan fingerprint density at radius 3 is 2.80 bits per heavy atom. The number of carbonyl (C=O) groups excluding carboxylic acids is 1. The molecule has 1 heterocycles. The van der Waals surface area contributed by atoms with Crippen LogP contribution in [0, 0.1) is 0 Å². The predicted octanol–water partition coefficient (Wildman–Crippen LogP) is 2.30. The van der Waals surface area contributed by atoms with E-state index >= 15 is 0 Å².